The Morgan fingerprint density at radius 1 is 1.20 bits per heavy atom. The molecule has 4 rings (SSSR count). The first-order valence-electron chi connectivity index (χ1n) is 8.33. The van der Waals surface area contributed by atoms with E-state index in [9.17, 15) is 4.79 Å². The lowest BCUT2D eigenvalue weighted by Crippen LogP contribution is -2.41. The Morgan fingerprint density at radius 3 is 2.76 bits per heavy atom. The van der Waals surface area contributed by atoms with Crippen LogP contribution in [0.4, 0.5) is 5.82 Å². The summed E-state index contributed by atoms with van der Waals surface area (Å²) in [5.41, 5.74) is 2.77. The predicted octanol–water partition coefficient (Wildman–Crippen LogP) is 2.81. The summed E-state index contributed by atoms with van der Waals surface area (Å²) in [7, 11) is 0. The van der Waals surface area contributed by atoms with E-state index in [1.165, 1.54) is 0 Å². The van der Waals surface area contributed by atoms with E-state index in [2.05, 4.69) is 59.4 Å². The van der Waals surface area contributed by atoms with Crippen LogP contribution in [0.5, 0.6) is 0 Å². The molecule has 0 unspecified atom stereocenters. The second-order valence-corrected chi connectivity index (χ2v) is 8.55. The fourth-order valence-electron chi connectivity index (χ4n) is 3.28. The zero-order chi connectivity index (χ0) is 17.8. The van der Waals surface area contributed by atoms with Gasteiger partial charge in [0.1, 0.15) is 5.82 Å². The molecule has 0 fully saturated rings. The average molecular weight is 449 g/mol. The summed E-state index contributed by atoms with van der Waals surface area (Å²) in [6.07, 6.45) is 6.52. The van der Waals surface area contributed by atoms with E-state index in [4.69, 9.17) is 4.98 Å². The first kappa shape index (κ1) is 16.6. The number of pyridine rings is 1. The Morgan fingerprint density at radius 2 is 2.00 bits per heavy atom. The van der Waals surface area contributed by atoms with Crippen molar-refractivity contribution in [1.29, 1.82) is 0 Å². The summed E-state index contributed by atoms with van der Waals surface area (Å²) in [4.78, 5) is 19.9. The van der Waals surface area contributed by atoms with Gasteiger partial charge in [-0.25, -0.2) is 9.50 Å². The summed E-state index contributed by atoms with van der Waals surface area (Å²) in [5, 5.41) is 4.27. The van der Waals surface area contributed by atoms with E-state index in [0.717, 1.165) is 39.1 Å². The molecule has 3 aromatic rings. The van der Waals surface area contributed by atoms with Crippen LogP contribution in [0.1, 0.15) is 31.9 Å². The van der Waals surface area contributed by atoms with Gasteiger partial charge in [-0.15, -0.1) is 0 Å². The molecule has 0 amide bonds. The van der Waals surface area contributed by atoms with Crippen molar-refractivity contribution in [3.8, 4) is 0 Å². The Kier molecular flexibility index (Phi) is 3.86. The van der Waals surface area contributed by atoms with Crippen molar-refractivity contribution in [1.82, 2.24) is 19.2 Å². The molecule has 0 saturated carbocycles. The monoisotopic (exact) mass is 449 g/mol. The molecule has 6 nitrogen and oxygen atoms in total. The van der Waals surface area contributed by atoms with Gasteiger partial charge >= 0.3 is 0 Å². The van der Waals surface area contributed by atoms with Crippen LogP contribution in [0.15, 0.2) is 35.5 Å². The number of nitrogens with zero attached hydrogens (tertiary/aromatic N) is 5. The van der Waals surface area contributed by atoms with Crippen molar-refractivity contribution in [2.75, 3.05) is 11.4 Å². The number of hydrogen-bond donors (Lipinski definition) is 0. The van der Waals surface area contributed by atoms with E-state index in [0.29, 0.717) is 6.54 Å². The van der Waals surface area contributed by atoms with Crippen LogP contribution < -0.4 is 10.5 Å². The number of rotatable bonds is 1. The highest BCUT2D eigenvalue weighted by atomic mass is 127. The molecule has 7 heteroatoms. The van der Waals surface area contributed by atoms with Crippen LogP contribution >= 0.6 is 22.6 Å². The number of fused-ring (bicyclic) bond motifs is 2. The largest absolute Gasteiger partial charge is 0.352 e. The quantitative estimate of drug-likeness (QED) is 0.537. The minimum atomic E-state index is -0.223. The molecule has 0 spiro atoms. The van der Waals surface area contributed by atoms with E-state index in [-0.39, 0.29) is 11.1 Å². The maximum Gasteiger partial charge on any atom is 0.256 e. The van der Waals surface area contributed by atoms with E-state index in [1.54, 1.807) is 10.7 Å². The molecule has 0 aliphatic carbocycles. The van der Waals surface area contributed by atoms with E-state index >= 15 is 0 Å². The molecule has 0 bridgehead atoms. The molecule has 4 heterocycles. The Labute approximate surface area is 159 Å². The van der Waals surface area contributed by atoms with Gasteiger partial charge in [0, 0.05) is 30.0 Å². The second kappa shape index (κ2) is 5.82. The van der Waals surface area contributed by atoms with Crippen molar-refractivity contribution in [3.05, 3.63) is 55.8 Å². The Hall–Kier alpha value is -1.90. The van der Waals surface area contributed by atoms with Gasteiger partial charge in [-0.3, -0.25) is 4.79 Å². The molecule has 0 atom stereocenters. The molecule has 130 valence electrons. The SMILES string of the molecule is CC(C)(C)n1ccc2c(c1=O)CN(c1ccn3ncc(I)c3n1)CC2. The predicted molar refractivity (Wildman–Crippen MR) is 106 cm³/mol. The molecule has 1 aliphatic heterocycles. The van der Waals surface area contributed by atoms with Gasteiger partial charge in [0.15, 0.2) is 5.65 Å². The number of aromatic nitrogens is 4. The minimum Gasteiger partial charge on any atom is -0.352 e. The summed E-state index contributed by atoms with van der Waals surface area (Å²) in [6, 6.07) is 4.06. The van der Waals surface area contributed by atoms with Crippen LogP contribution in [-0.4, -0.2) is 25.7 Å². The van der Waals surface area contributed by atoms with Crippen LogP contribution in [0.3, 0.4) is 0 Å². The van der Waals surface area contributed by atoms with Gasteiger partial charge in [-0.2, -0.15) is 5.10 Å². The molecule has 0 N–H and O–H groups in total. The minimum absolute atomic E-state index is 0.106. The fourth-order valence-corrected chi connectivity index (χ4v) is 3.77. The van der Waals surface area contributed by atoms with Gasteiger partial charge in [0.2, 0.25) is 0 Å². The van der Waals surface area contributed by atoms with Gasteiger partial charge in [0.25, 0.3) is 5.56 Å². The van der Waals surface area contributed by atoms with Crippen molar-refractivity contribution < 1.29 is 0 Å². The Balaban J connectivity index is 1.74. The van der Waals surface area contributed by atoms with Crippen molar-refractivity contribution >= 4 is 34.1 Å². The summed E-state index contributed by atoms with van der Waals surface area (Å²) in [5.74, 6) is 0.891. The topological polar surface area (TPSA) is 55.4 Å². The first-order valence-corrected chi connectivity index (χ1v) is 9.41. The van der Waals surface area contributed by atoms with E-state index < -0.39 is 0 Å². The molecule has 0 saturated heterocycles. The molecule has 0 radical (unpaired) electrons. The Bertz CT molecular complexity index is 1010. The molecular weight excluding hydrogens is 429 g/mol. The molecule has 25 heavy (non-hydrogen) atoms. The summed E-state index contributed by atoms with van der Waals surface area (Å²) in [6.45, 7) is 7.62. The summed E-state index contributed by atoms with van der Waals surface area (Å²) >= 11 is 2.24. The van der Waals surface area contributed by atoms with Crippen LogP contribution in [0.2, 0.25) is 0 Å². The van der Waals surface area contributed by atoms with Gasteiger partial charge < -0.3 is 9.47 Å². The number of halogens is 1. The highest BCUT2D eigenvalue weighted by molar-refractivity contribution is 14.1. The van der Waals surface area contributed by atoms with Crippen LogP contribution in [0.25, 0.3) is 5.65 Å². The maximum absolute atomic E-state index is 13.0. The van der Waals surface area contributed by atoms with Gasteiger partial charge in [0.05, 0.1) is 16.3 Å². The molecular formula is C18H20IN5O. The highest BCUT2D eigenvalue weighted by Gasteiger charge is 2.24. The summed E-state index contributed by atoms with van der Waals surface area (Å²) < 4.78 is 4.62. The molecule has 0 aromatic carbocycles. The zero-order valence-corrected chi connectivity index (χ0v) is 16.7. The van der Waals surface area contributed by atoms with Crippen LogP contribution in [0, 0.1) is 3.57 Å². The van der Waals surface area contributed by atoms with Crippen molar-refractivity contribution in [2.24, 2.45) is 0 Å². The third-order valence-electron chi connectivity index (χ3n) is 4.65. The smallest absolute Gasteiger partial charge is 0.256 e. The molecule has 3 aromatic heterocycles. The first-order chi connectivity index (χ1) is 11.8. The van der Waals surface area contributed by atoms with Gasteiger partial charge in [-0.1, -0.05) is 0 Å². The second-order valence-electron chi connectivity index (χ2n) is 7.38. The zero-order valence-electron chi connectivity index (χ0n) is 14.5. The lowest BCUT2D eigenvalue weighted by molar-refractivity contribution is 0.380. The lowest BCUT2D eigenvalue weighted by Gasteiger charge is -2.31. The standard InChI is InChI=1S/C18H20IN5O/c1-18(2,3)23-8-5-12-4-7-22(11-13(12)17(23)25)15-6-9-24-16(21-15)14(19)10-20-24/h5-6,8-10H,4,7,11H2,1-3H3. The third kappa shape index (κ3) is 2.84. The normalized spacial score (nSPS) is 14.8. The highest BCUT2D eigenvalue weighted by Crippen LogP contribution is 2.23. The number of hydrogen-bond acceptors (Lipinski definition) is 4. The van der Waals surface area contributed by atoms with E-state index in [1.807, 2.05) is 23.0 Å². The molecule has 1 aliphatic rings. The third-order valence-corrected chi connectivity index (χ3v) is 5.41. The fraction of sp³-hybridized carbons (Fsp3) is 0.389. The maximum atomic E-state index is 13.0. The number of anilines is 1. The van der Waals surface area contributed by atoms with Crippen molar-refractivity contribution in [3.63, 3.8) is 0 Å². The van der Waals surface area contributed by atoms with Crippen molar-refractivity contribution in [2.45, 2.75) is 39.3 Å². The van der Waals surface area contributed by atoms with Crippen LogP contribution in [-0.2, 0) is 18.5 Å². The average Bonchev–Trinajstić information content (AvgIpc) is 2.94. The lowest BCUT2D eigenvalue weighted by atomic mass is 10.00. The van der Waals surface area contributed by atoms with Gasteiger partial charge in [-0.05, 0) is 67.5 Å².